The normalized spacial score (nSPS) is 10.0. The molecule has 0 saturated carbocycles. The van der Waals surface area contributed by atoms with Gasteiger partial charge in [0.05, 0.1) is 10.7 Å². The highest BCUT2D eigenvalue weighted by molar-refractivity contribution is 6.36. The molecule has 0 aliphatic heterocycles. The molecule has 21 heavy (non-hydrogen) atoms. The Balaban J connectivity index is 2.02. The summed E-state index contributed by atoms with van der Waals surface area (Å²) in [6.45, 7) is 1.48. The van der Waals surface area contributed by atoms with E-state index < -0.39 is 6.03 Å². The Morgan fingerprint density at radius 3 is 2.19 bits per heavy atom. The van der Waals surface area contributed by atoms with Crippen molar-refractivity contribution in [1.82, 2.24) is 0 Å². The highest BCUT2D eigenvalue weighted by atomic mass is 35.5. The number of benzene rings is 2. The van der Waals surface area contributed by atoms with E-state index in [1.807, 2.05) is 0 Å². The Morgan fingerprint density at radius 1 is 0.952 bits per heavy atom. The molecule has 0 saturated heterocycles. The minimum Gasteiger partial charge on any atom is -0.308 e. The van der Waals surface area contributed by atoms with Crippen LogP contribution in [-0.2, 0) is 0 Å². The van der Waals surface area contributed by atoms with E-state index in [-0.39, 0.29) is 5.78 Å². The summed E-state index contributed by atoms with van der Waals surface area (Å²) in [5, 5.41) is 6.10. The molecule has 2 amide bonds. The van der Waals surface area contributed by atoms with Gasteiger partial charge in [0.2, 0.25) is 0 Å². The van der Waals surface area contributed by atoms with Gasteiger partial charge >= 0.3 is 6.03 Å². The number of halogens is 2. The molecule has 0 aromatic heterocycles. The van der Waals surface area contributed by atoms with E-state index in [2.05, 4.69) is 10.6 Å². The number of carbonyl (C=O) groups excluding carboxylic acids is 2. The molecular weight excluding hydrogens is 311 g/mol. The lowest BCUT2D eigenvalue weighted by atomic mass is 10.1. The van der Waals surface area contributed by atoms with Crippen LogP contribution in [0.2, 0.25) is 10.0 Å². The Kier molecular flexibility index (Phi) is 4.83. The summed E-state index contributed by atoms with van der Waals surface area (Å²) in [5.74, 6) is -0.0288. The summed E-state index contributed by atoms with van der Waals surface area (Å²) in [7, 11) is 0. The third-order valence-corrected chi connectivity index (χ3v) is 3.28. The largest absolute Gasteiger partial charge is 0.323 e. The Hall–Kier alpha value is -2.04. The minimum atomic E-state index is -0.435. The second kappa shape index (κ2) is 6.61. The number of hydrogen-bond donors (Lipinski definition) is 2. The smallest absolute Gasteiger partial charge is 0.308 e. The van der Waals surface area contributed by atoms with Crippen LogP contribution in [-0.4, -0.2) is 11.8 Å². The van der Waals surface area contributed by atoms with E-state index in [4.69, 9.17) is 23.2 Å². The predicted octanol–water partition coefficient (Wildman–Crippen LogP) is 4.84. The Bertz CT molecular complexity index is 685. The molecule has 0 unspecified atom stereocenters. The third-order valence-electron chi connectivity index (χ3n) is 2.73. The van der Waals surface area contributed by atoms with Crippen molar-refractivity contribution < 1.29 is 9.59 Å². The maximum absolute atomic E-state index is 11.9. The average molecular weight is 323 g/mol. The Labute approximate surface area is 132 Å². The van der Waals surface area contributed by atoms with Crippen molar-refractivity contribution >= 4 is 46.4 Å². The van der Waals surface area contributed by atoms with Crippen LogP contribution < -0.4 is 10.6 Å². The van der Waals surface area contributed by atoms with Gasteiger partial charge in [0, 0.05) is 16.3 Å². The molecule has 0 aliphatic rings. The number of urea groups is 1. The molecule has 0 bridgehead atoms. The molecule has 0 spiro atoms. The molecule has 0 aliphatic carbocycles. The zero-order valence-corrected chi connectivity index (χ0v) is 12.6. The first kappa shape index (κ1) is 15.4. The number of amides is 2. The van der Waals surface area contributed by atoms with Crippen molar-refractivity contribution in [3.05, 3.63) is 58.1 Å². The van der Waals surface area contributed by atoms with Crippen molar-refractivity contribution in [2.45, 2.75) is 6.92 Å². The van der Waals surface area contributed by atoms with Crippen molar-refractivity contribution in [3.63, 3.8) is 0 Å². The Morgan fingerprint density at radius 2 is 1.62 bits per heavy atom. The van der Waals surface area contributed by atoms with Crippen molar-refractivity contribution in [3.8, 4) is 0 Å². The lowest BCUT2D eigenvalue weighted by Crippen LogP contribution is -2.19. The molecule has 6 heteroatoms. The van der Waals surface area contributed by atoms with Gasteiger partial charge in [0.1, 0.15) is 0 Å². The summed E-state index contributed by atoms with van der Waals surface area (Å²) in [4.78, 5) is 23.0. The molecule has 0 atom stereocenters. The second-order valence-corrected chi connectivity index (χ2v) is 5.18. The van der Waals surface area contributed by atoms with Crippen LogP contribution >= 0.6 is 23.2 Å². The maximum atomic E-state index is 11.9. The van der Waals surface area contributed by atoms with Gasteiger partial charge in [-0.1, -0.05) is 23.2 Å². The fraction of sp³-hybridized carbons (Fsp3) is 0.0667. The van der Waals surface area contributed by atoms with Crippen molar-refractivity contribution in [2.24, 2.45) is 0 Å². The summed E-state index contributed by atoms with van der Waals surface area (Å²) < 4.78 is 0. The van der Waals surface area contributed by atoms with Gasteiger partial charge in [-0.05, 0) is 49.4 Å². The lowest BCUT2D eigenvalue weighted by molar-refractivity contribution is 0.101. The van der Waals surface area contributed by atoms with Gasteiger partial charge in [-0.25, -0.2) is 4.79 Å². The van der Waals surface area contributed by atoms with Gasteiger partial charge in [-0.15, -0.1) is 0 Å². The lowest BCUT2D eigenvalue weighted by Gasteiger charge is -2.09. The SMILES string of the molecule is CC(=O)c1ccc(NC(=O)Nc2ccc(Cl)cc2Cl)cc1. The zero-order valence-electron chi connectivity index (χ0n) is 11.1. The van der Waals surface area contributed by atoms with E-state index in [1.54, 1.807) is 42.5 Å². The van der Waals surface area contributed by atoms with Crippen molar-refractivity contribution in [2.75, 3.05) is 10.6 Å². The van der Waals surface area contributed by atoms with Crippen LogP contribution in [0.15, 0.2) is 42.5 Å². The summed E-state index contributed by atoms with van der Waals surface area (Å²) in [6, 6.07) is 10.9. The van der Waals surface area contributed by atoms with Crippen molar-refractivity contribution in [1.29, 1.82) is 0 Å². The van der Waals surface area contributed by atoms with Gasteiger partial charge in [-0.2, -0.15) is 0 Å². The summed E-state index contributed by atoms with van der Waals surface area (Å²) in [6.07, 6.45) is 0. The minimum absolute atomic E-state index is 0.0288. The first-order chi connectivity index (χ1) is 9.95. The number of anilines is 2. The number of ketones is 1. The fourth-order valence-electron chi connectivity index (χ4n) is 1.66. The highest BCUT2D eigenvalue weighted by Crippen LogP contribution is 2.25. The van der Waals surface area contributed by atoms with E-state index in [1.165, 1.54) is 6.92 Å². The molecular formula is C15H12Cl2N2O2. The third kappa shape index (κ3) is 4.21. The number of hydrogen-bond acceptors (Lipinski definition) is 2. The number of Topliss-reactive ketones (excluding diaryl/α,β-unsaturated/α-hetero) is 1. The average Bonchev–Trinajstić information content (AvgIpc) is 2.42. The van der Waals surface area contributed by atoms with Crippen LogP contribution in [0, 0.1) is 0 Å². The van der Waals surface area contributed by atoms with E-state index in [0.717, 1.165) is 0 Å². The molecule has 0 fully saturated rings. The first-order valence-corrected chi connectivity index (χ1v) is 6.85. The predicted molar refractivity (Wildman–Crippen MR) is 85.5 cm³/mol. The molecule has 2 aromatic rings. The highest BCUT2D eigenvalue weighted by Gasteiger charge is 2.07. The monoisotopic (exact) mass is 322 g/mol. The molecule has 2 aromatic carbocycles. The number of carbonyl (C=O) groups is 2. The van der Waals surface area contributed by atoms with Crippen LogP contribution in [0.4, 0.5) is 16.2 Å². The van der Waals surface area contributed by atoms with Gasteiger partial charge in [-0.3, -0.25) is 4.79 Å². The second-order valence-electron chi connectivity index (χ2n) is 4.34. The number of nitrogens with one attached hydrogen (secondary N) is 2. The van der Waals surface area contributed by atoms with Crippen LogP contribution in [0.3, 0.4) is 0 Å². The quantitative estimate of drug-likeness (QED) is 0.794. The molecule has 108 valence electrons. The van der Waals surface area contributed by atoms with Gasteiger partial charge < -0.3 is 10.6 Å². The van der Waals surface area contributed by atoms with Crippen LogP contribution in [0.25, 0.3) is 0 Å². The zero-order chi connectivity index (χ0) is 15.4. The van der Waals surface area contributed by atoms with Crippen LogP contribution in [0.1, 0.15) is 17.3 Å². The fourth-order valence-corrected chi connectivity index (χ4v) is 2.12. The van der Waals surface area contributed by atoms with E-state index >= 15 is 0 Å². The van der Waals surface area contributed by atoms with Gasteiger partial charge in [0.25, 0.3) is 0 Å². The van der Waals surface area contributed by atoms with Gasteiger partial charge in [0.15, 0.2) is 5.78 Å². The topological polar surface area (TPSA) is 58.2 Å². The first-order valence-electron chi connectivity index (χ1n) is 6.10. The molecule has 4 nitrogen and oxygen atoms in total. The van der Waals surface area contributed by atoms with E-state index in [9.17, 15) is 9.59 Å². The summed E-state index contributed by atoms with van der Waals surface area (Å²) in [5.41, 5.74) is 1.61. The number of rotatable bonds is 3. The molecule has 2 rings (SSSR count). The van der Waals surface area contributed by atoms with Crippen LogP contribution in [0.5, 0.6) is 0 Å². The standard InChI is InChI=1S/C15H12Cl2N2O2/c1-9(20)10-2-5-12(6-3-10)18-15(21)19-14-7-4-11(16)8-13(14)17/h2-8H,1H3,(H2,18,19,21). The summed E-state index contributed by atoms with van der Waals surface area (Å²) >= 11 is 11.8. The molecule has 0 heterocycles. The maximum Gasteiger partial charge on any atom is 0.323 e. The van der Waals surface area contributed by atoms with E-state index in [0.29, 0.717) is 27.0 Å². The molecule has 0 radical (unpaired) electrons. The molecule has 2 N–H and O–H groups in total.